The summed E-state index contributed by atoms with van der Waals surface area (Å²) in [5.74, 6) is -1.71. The van der Waals surface area contributed by atoms with E-state index in [2.05, 4.69) is 6.92 Å². The summed E-state index contributed by atoms with van der Waals surface area (Å²) in [6, 6.07) is 11.8. The second-order valence-corrected chi connectivity index (χ2v) is 12.9. The standard InChI is InChI=1S/C37H52ClFO5/c1-3-5-6-7-8-9-10-11-12-16-25-43-34-24-21-30(26-33(34)38)35(40)44-32-22-19-29(20-23-32)28(4-2)27-37(39,36(41)42)31-17-14-13-15-18-31/h19-24,26,28,31H,3-18,25,27H2,1-2H3,(H,41,42)/t28?,37-/m0/s1. The molecule has 0 aromatic heterocycles. The van der Waals surface area contributed by atoms with E-state index in [9.17, 15) is 14.7 Å². The molecule has 1 fully saturated rings. The van der Waals surface area contributed by atoms with E-state index in [4.69, 9.17) is 21.1 Å². The predicted octanol–water partition coefficient (Wildman–Crippen LogP) is 11.1. The number of ether oxygens (including phenoxy) is 2. The van der Waals surface area contributed by atoms with Gasteiger partial charge in [0.15, 0.2) is 0 Å². The Bertz CT molecular complexity index is 1150. The molecule has 1 saturated carbocycles. The lowest BCUT2D eigenvalue weighted by Gasteiger charge is -2.35. The number of carbonyl (C=O) groups is 2. The van der Waals surface area contributed by atoms with Crippen LogP contribution in [0.3, 0.4) is 0 Å². The van der Waals surface area contributed by atoms with E-state index >= 15 is 4.39 Å². The highest BCUT2D eigenvalue weighted by Crippen LogP contribution is 2.43. The minimum atomic E-state index is -2.24. The van der Waals surface area contributed by atoms with Crippen LogP contribution in [0, 0.1) is 5.92 Å². The number of esters is 1. The maximum Gasteiger partial charge on any atom is 0.343 e. The Morgan fingerprint density at radius 2 is 1.52 bits per heavy atom. The summed E-state index contributed by atoms with van der Waals surface area (Å²) in [5.41, 5.74) is -1.10. The fourth-order valence-corrected chi connectivity index (χ4v) is 6.57. The van der Waals surface area contributed by atoms with Crippen LogP contribution >= 0.6 is 11.6 Å². The molecule has 2 aromatic carbocycles. The first kappa shape index (κ1) is 35.9. The molecule has 44 heavy (non-hydrogen) atoms. The molecule has 1 aliphatic carbocycles. The maximum atomic E-state index is 15.9. The average molecular weight is 631 g/mol. The van der Waals surface area contributed by atoms with Crippen LogP contribution in [-0.4, -0.2) is 29.3 Å². The molecule has 2 aromatic rings. The summed E-state index contributed by atoms with van der Waals surface area (Å²) in [6.45, 7) is 4.77. The van der Waals surface area contributed by atoms with Crippen LogP contribution in [0.4, 0.5) is 4.39 Å². The molecule has 0 amide bonds. The third kappa shape index (κ3) is 11.1. The number of rotatable bonds is 20. The molecular formula is C37H52ClFO5. The van der Waals surface area contributed by atoms with Crippen LogP contribution in [0.1, 0.15) is 145 Å². The highest BCUT2D eigenvalue weighted by Gasteiger charge is 2.48. The number of unbranched alkanes of at least 4 members (excludes halogenated alkanes) is 9. The lowest BCUT2D eigenvalue weighted by atomic mass is 9.72. The number of hydrogen-bond acceptors (Lipinski definition) is 4. The van der Waals surface area contributed by atoms with Gasteiger partial charge in [0.05, 0.1) is 17.2 Å². The fourth-order valence-electron chi connectivity index (χ4n) is 6.34. The average Bonchev–Trinajstić information content (AvgIpc) is 3.03. The minimum Gasteiger partial charge on any atom is -0.492 e. The number of halogens is 2. The molecule has 244 valence electrons. The Labute approximate surface area is 268 Å². The monoisotopic (exact) mass is 630 g/mol. The molecule has 0 spiro atoms. The summed E-state index contributed by atoms with van der Waals surface area (Å²) in [7, 11) is 0. The number of hydrogen-bond donors (Lipinski definition) is 1. The first-order valence-electron chi connectivity index (χ1n) is 16.9. The fraction of sp³-hybridized carbons (Fsp3) is 0.622. The Kier molecular flexibility index (Phi) is 15.5. The molecule has 1 aliphatic rings. The molecule has 3 rings (SSSR count). The van der Waals surface area contributed by atoms with Crippen molar-refractivity contribution in [2.75, 3.05) is 6.61 Å². The number of aliphatic carboxylic acids is 1. The lowest BCUT2D eigenvalue weighted by Crippen LogP contribution is -2.43. The van der Waals surface area contributed by atoms with Gasteiger partial charge in [0, 0.05) is 5.92 Å². The minimum absolute atomic E-state index is 0.0608. The summed E-state index contributed by atoms with van der Waals surface area (Å²) < 4.78 is 27.3. The number of benzene rings is 2. The second kappa shape index (κ2) is 19.0. The van der Waals surface area contributed by atoms with E-state index < -0.39 is 23.5 Å². The van der Waals surface area contributed by atoms with Gasteiger partial charge < -0.3 is 14.6 Å². The van der Waals surface area contributed by atoms with Crippen LogP contribution in [0.15, 0.2) is 42.5 Å². The van der Waals surface area contributed by atoms with Gasteiger partial charge in [-0.25, -0.2) is 14.0 Å². The van der Waals surface area contributed by atoms with Gasteiger partial charge in [-0.15, -0.1) is 0 Å². The van der Waals surface area contributed by atoms with Gasteiger partial charge in [0.25, 0.3) is 0 Å². The summed E-state index contributed by atoms with van der Waals surface area (Å²) in [5, 5.41) is 10.2. The third-order valence-corrected chi connectivity index (χ3v) is 9.42. The molecule has 0 saturated heterocycles. The van der Waals surface area contributed by atoms with Crippen molar-refractivity contribution in [3.63, 3.8) is 0 Å². The van der Waals surface area contributed by atoms with Crippen molar-refractivity contribution in [1.82, 2.24) is 0 Å². The molecule has 2 atom stereocenters. The quantitative estimate of drug-likeness (QED) is 0.0895. The predicted molar refractivity (Wildman–Crippen MR) is 176 cm³/mol. The van der Waals surface area contributed by atoms with Crippen LogP contribution in [-0.2, 0) is 4.79 Å². The highest BCUT2D eigenvalue weighted by molar-refractivity contribution is 6.32. The van der Waals surface area contributed by atoms with Crippen molar-refractivity contribution in [2.45, 2.75) is 135 Å². The summed E-state index contributed by atoms with van der Waals surface area (Å²) in [4.78, 5) is 24.9. The van der Waals surface area contributed by atoms with E-state index in [0.29, 0.717) is 48.0 Å². The summed E-state index contributed by atoms with van der Waals surface area (Å²) >= 11 is 6.41. The van der Waals surface area contributed by atoms with Gasteiger partial charge in [-0.2, -0.15) is 0 Å². The van der Waals surface area contributed by atoms with Gasteiger partial charge >= 0.3 is 11.9 Å². The Balaban J connectivity index is 1.46. The van der Waals surface area contributed by atoms with Crippen LogP contribution in [0.5, 0.6) is 11.5 Å². The molecule has 1 N–H and O–H groups in total. The molecule has 1 unspecified atom stereocenters. The van der Waals surface area contributed by atoms with Gasteiger partial charge in [0.2, 0.25) is 5.67 Å². The van der Waals surface area contributed by atoms with Crippen molar-refractivity contribution >= 4 is 23.5 Å². The van der Waals surface area contributed by atoms with Crippen molar-refractivity contribution in [3.05, 3.63) is 58.6 Å². The second-order valence-electron chi connectivity index (χ2n) is 12.4. The van der Waals surface area contributed by atoms with E-state index in [-0.39, 0.29) is 12.3 Å². The molecule has 7 heteroatoms. The van der Waals surface area contributed by atoms with Crippen LogP contribution in [0.2, 0.25) is 5.02 Å². The molecule has 0 bridgehead atoms. The van der Waals surface area contributed by atoms with Crippen molar-refractivity contribution < 1.29 is 28.6 Å². The van der Waals surface area contributed by atoms with Gasteiger partial charge in [-0.3, -0.25) is 0 Å². The molecular weight excluding hydrogens is 579 g/mol. The molecule has 0 radical (unpaired) electrons. The van der Waals surface area contributed by atoms with Crippen molar-refractivity contribution in [3.8, 4) is 11.5 Å². The van der Waals surface area contributed by atoms with Crippen LogP contribution in [0.25, 0.3) is 0 Å². The van der Waals surface area contributed by atoms with Gasteiger partial charge in [-0.05, 0) is 73.9 Å². The van der Waals surface area contributed by atoms with Gasteiger partial charge in [0.1, 0.15) is 11.5 Å². The first-order valence-corrected chi connectivity index (χ1v) is 17.3. The number of carboxylic acids is 1. The Hall–Kier alpha value is -2.60. The number of alkyl halides is 1. The van der Waals surface area contributed by atoms with Gasteiger partial charge in [-0.1, -0.05) is 115 Å². The normalized spacial score (nSPS) is 15.8. The number of carboxylic acid groups (broad SMARTS) is 1. The largest absolute Gasteiger partial charge is 0.492 e. The SMILES string of the molecule is CCCCCCCCCCCCOc1ccc(C(=O)Oc2ccc(C(CC)C[C@@](F)(C(=O)O)C3CCCCC3)cc2)cc1Cl. The molecule has 0 heterocycles. The van der Waals surface area contributed by atoms with E-state index in [1.807, 2.05) is 6.92 Å². The third-order valence-electron chi connectivity index (χ3n) is 9.13. The number of carbonyl (C=O) groups excluding carboxylic acids is 1. The Morgan fingerprint density at radius 3 is 2.09 bits per heavy atom. The zero-order chi connectivity index (χ0) is 31.8. The maximum absolute atomic E-state index is 15.9. The zero-order valence-corrected chi connectivity index (χ0v) is 27.5. The van der Waals surface area contributed by atoms with Crippen molar-refractivity contribution in [1.29, 1.82) is 0 Å². The Morgan fingerprint density at radius 1 is 0.909 bits per heavy atom. The molecule has 5 nitrogen and oxygen atoms in total. The van der Waals surface area contributed by atoms with Crippen LogP contribution < -0.4 is 9.47 Å². The van der Waals surface area contributed by atoms with E-state index in [1.165, 1.54) is 51.4 Å². The smallest absolute Gasteiger partial charge is 0.343 e. The lowest BCUT2D eigenvalue weighted by molar-refractivity contribution is -0.157. The summed E-state index contributed by atoms with van der Waals surface area (Å²) in [6.07, 6.45) is 17.1. The molecule has 0 aliphatic heterocycles. The zero-order valence-electron chi connectivity index (χ0n) is 26.8. The topological polar surface area (TPSA) is 72.8 Å². The van der Waals surface area contributed by atoms with E-state index in [1.54, 1.807) is 42.5 Å². The van der Waals surface area contributed by atoms with Crippen molar-refractivity contribution in [2.24, 2.45) is 5.92 Å². The first-order chi connectivity index (χ1) is 21.3. The highest BCUT2D eigenvalue weighted by atomic mass is 35.5. The van der Waals surface area contributed by atoms with E-state index in [0.717, 1.165) is 37.7 Å².